The van der Waals surface area contributed by atoms with Crippen LogP contribution in [0.5, 0.6) is 0 Å². The fourth-order valence-corrected chi connectivity index (χ4v) is 2.28. The van der Waals surface area contributed by atoms with Gasteiger partial charge in [-0.2, -0.15) is 5.10 Å². The molecule has 1 heterocycles. The van der Waals surface area contributed by atoms with Crippen molar-refractivity contribution in [2.75, 3.05) is 0 Å². The number of aryl methyl sites for hydroxylation is 1. The van der Waals surface area contributed by atoms with Crippen LogP contribution >= 0.6 is 0 Å². The third-order valence-corrected chi connectivity index (χ3v) is 3.54. The van der Waals surface area contributed by atoms with Crippen LogP contribution in [-0.4, -0.2) is 10.2 Å². The van der Waals surface area contributed by atoms with Gasteiger partial charge in [-0.15, -0.1) is 0 Å². The number of H-pyrrole nitrogens is 1. The van der Waals surface area contributed by atoms with Gasteiger partial charge in [0, 0.05) is 19.3 Å². The molecule has 0 aliphatic heterocycles. The second-order valence-electron chi connectivity index (χ2n) is 5.26. The molecule has 0 saturated carbocycles. The van der Waals surface area contributed by atoms with E-state index in [2.05, 4.69) is 71.0 Å². The number of aromatic amines is 1. The molecule has 0 spiro atoms. The van der Waals surface area contributed by atoms with Gasteiger partial charge >= 0.3 is 0 Å². The van der Waals surface area contributed by atoms with Crippen LogP contribution in [0.1, 0.15) is 16.7 Å². The smallest absolute Gasteiger partial charge is 0.0650 e. The van der Waals surface area contributed by atoms with E-state index in [4.69, 9.17) is 0 Å². The average molecular weight is 277 g/mol. The summed E-state index contributed by atoms with van der Waals surface area (Å²) in [6, 6.07) is 19.2. The lowest BCUT2D eigenvalue weighted by Crippen LogP contribution is -2.12. The van der Waals surface area contributed by atoms with Crippen molar-refractivity contribution in [1.82, 2.24) is 15.5 Å². The van der Waals surface area contributed by atoms with Crippen molar-refractivity contribution in [1.29, 1.82) is 0 Å². The molecule has 3 heteroatoms. The number of hydrogen-bond donors (Lipinski definition) is 2. The highest BCUT2D eigenvalue weighted by molar-refractivity contribution is 5.58. The third-order valence-electron chi connectivity index (χ3n) is 3.54. The summed E-state index contributed by atoms with van der Waals surface area (Å²) >= 11 is 0. The Morgan fingerprint density at radius 3 is 2.05 bits per heavy atom. The van der Waals surface area contributed by atoms with Gasteiger partial charge in [-0.1, -0.05) is 54.1 Å². The number of aromatic nitrogens is 2. The highest BCUT2D eigenvalue weighted by Crippen LogP contribution is 2.16. The molecule has 0 fully saturated rings. The summed E-state index contributed by atoms with van der Waals surface area (Å²) in [6.07, 6.45) is 1.77. The largest absolute Gasteiger partial charge is 0.309 e. The fourth-order valence-electron chi connectivity index (χ4n) is 2.28. The molecular weight excluding hydrogens is 258 g/mol. The summed E-state index contributed by atoms with van der Waals surface area (Å²) in [5.41, 5.74) is 6.11. The molecule has 3 aromatic rings. The van der Waals surface area contributed by atoms with E-state index in [-0.39, 0.29) is 0 Å². The Kier molecular flexibility index (Phi) is 4.12. The Morgan fingerprint density at radius 1 is 0.857 bits per heavy atom. The Balaban J connectivity index is 1.55. The number of benzene rings is 2. The summed E-state index contributed by atoms with van der Waals surface area (Å²) in [5.74, 6) is 0. The third kappa shape index (κ3) is 3.58. The van der Waals surface area contributed by atoms with Crippen molar-refractivity contribution in [3.8, 4) is 11.3 Å². The van der Waals surface area contributed by atoms with Crippen molar-refractivity contribution in [2.24, 2.45) is 0 Å². The predicted molar refractivity (Wildman–Crippen MR) is 85.7 cm³/mol. The van der Waals surface area contributed by atoms with Gasteiger partial charge in [-0.25, -0.2) is 0 Å². The van der Waals surface area contributed by atoms with Gasteiger partial charge < -0.3 is 5.32 Å². The number of rotatable bonds is 5. The van der Waals surface area contributed by atoms with E-state index < -0.39 is 0 Å². The minimum absolute atomic E-state index is 0.872. The Hall–Kier alpha value is -2.39. The molecule has 3 rings (SSSR count). The van der Waals surface area contributed by atoms with Crippen LogP contribution in [0.4, 0.5) is 0 Å². The van der Waals surface area contributed by atoms with Gasteiger partial charge in [0.25, 0.3) is 0 Å². The predicted octanol–water partition coefficient (Wildman–Crippen LogP) is 3.67. The first kappa shape index (κ1) is 13.6. The maximum atomic E-state index is 3.97. The molecule has 3 nitrogen and oxygen atoms in total. The zero-order chi connectivity index (χ0) is 14.5. The first-order valence-corrected chi connectivity index (χ1v) is 7.16. The van der Waals surface area contributed by atoms with Gasteiger partial charge in [0.2, 0.25) is 0 Å². The second-order valence-corrected chi connectivity index (χ2v) is 5.26. The standard InChI is InChI=1S/C18H19N3/c1-14-2-4-15(5-3-14)12-19-13-16-6-8-17(9-7-16)18-10-11-20-21-18/h2-11,19H,12-13H2,1H3,(H,20,21). The number of hydrogen-bond acceptors (Lipinski definition) is 2. The lowest BCUT2D eigenvalue weighted by Gasteiger charge is -2.06. The SMILES string of the molecule is Cc1ccc(CNCc2ccc(-c3ccn[nH]3)cc2)cc1. The van der Waals surface area contributed by atoms with E-state index in [0.29, 0.717) is 0 Å². The number of nitrogens with one attached hydrogen (secondary N) is 2. The molecule has 0 radical (unpaired) electrons. The van der Waals surface area contributed by atoms with E-state index in [0.717, 1.165) is 24.3 Å². The second kappa shape index (κ2) is 6.37. The van der Waals surface area contributed by atoms with Crippen LogP contribution in [0, 0.1) is 6.92 Å². The Bertz CT molecular complexity index is 667. The van der Waals surface area contributed by atoms with E-state index in [9.17, 15) is 0 Å². The maximum Gasteiger partial charge on any atom is 0.0650 e. The molecule has 2 aromatic carbocycles. The zero-order valence-corrected chi connectivity index (χ0v) is 12.1. The maximum absolute atomic E-state index is 3.97. The zero-order valence-electron chi connectivity index (χ0n) is 12.1. The highest BCUT2D eigenvalue weighted by atomic mass is 15.1. The Labute approximate surface area is 125 Å². The van der Waals surface area contributed by atoms with Crippen LogP contribution in [-0.2, 0) is 13.1 Å². The van der Waals surface area contributed by atoms with E-state index in [1.165, 1.54) is 16.7 Å². The van der Waals surface area contributed by atoms with Gasteiger partial charge in [0.15, 0.2) is 0 Å². The lowest BCUT2D eigenvalue weighted by atomic mass is 10.1. The summed E-state index contributed by atoms with van der Waals surface area (Å²) in [7, 11) is 0. The fraction of sp³-hybridized carbons (Fsp3) is 0.167. The normalized spacial score (nSPS) is 10.7. The summed E-state index contributed by atoms with van der Waals surface area (Å²) < 4.78 is 0. The van der Waals surface area contributed by atoms with Gasteiger partial charge in [0.1, 0.15) is 0 Å². The molecule has 0 aliphatic carbocycles. The molecule has 0 saturated heterocycles. The van der Waals surface area contributed by atoms with Crippen molar-refractivity contribution in [3.63, 3.8) is 0 Å². The molecular formula is C18H19N3. The van der Waals surface area contributed by atoms with Crippen LogP contribution in [0.3, 0.4) is 0 Å². The molecule has 2 N–H and O–H groups in total. The number of nitrogens with zero attached hydrogens (tertiary/aromatic N) is 1. The monoisotopic (exact) mass is 277 g/mol. The first-order valence-electron chi connectivity index (χ1n) is 7.16. The van der Waals surface area contributed by atoms with Crippen molar-refractivity contribution < 1.29 is 0 Å². The molecule has 0 bridgehead atoms. The Morgan fingerprint density at radius 2 is 1.48 bits per heavy atom. The first-order chi connectivity index (χ1) is 10.3. The van der Waals surface area contributed by atoms with Crippen molar-refractivity contribution in [2.45, 2.75) is 20.0 Å². The minimum Gasteiger partial charge on any atom is -0.309 e. The highest BCUT2D eigenvalue weighted by Gasteiger charge is 1.99. The molecule has 1 aromatic heterocycles. The summed E-state index contributed by atoms with van der Waals surface area (Å²) in [4.78, 5) is 0. The molecule has 0 aliphatic rings. The van der Waals surface area contributed by atoms with Crippen molar-refractivity contribution >= 4 is 0 Å². The lowest BCUT2D eigenvalue weighted by molar-refractivity contribution is 0.693. The van der Waals surface area contributed by atoms with Crippen LogP contribution in [0.15, 0.2) is 60.8 Å². The molecule has 0 amide bonds. The van der Waals surface area contributed by atoms with E-state index >= 15 is 0 Å². The summed E-state index contributed by atoms with van der Waals surface area (Å²) in [5, 5.41) is 10.4. The van der Waals surface area contributed by atoms with Gasteiger partial charge in [0.05, 0.1) is 5.69 Å². The quantitative estimate of drug-likeness (QED) is 0.747. The van der Waals surface area contributed by atoms with Crippen molar-refractivity contribution in [3.05, 3.63) is 77.5 Å². The minimum atomic E-state index is 0.872. The van der Waals surface area contributed by atoms with Gasteiger partial charge in [-0.05, 0) is 29.7 Å². The topological polar surface area (TPSA) is 40.7 Å². The van der Waals surface area contributed by atoms with Crippen LogP contribution in [0.25, 0.3) is 11.3 Å². The van der Waals surface area contributed by atoms with Crippen LogP contribution in [0.2, 0.25) is 0 Å². The van der Waals surface area contributed by atoms with E-state index in [1.54, 1.807) is 6.20 Å². The molecule has 0 atom stereocenters. The average Bonchev–Trinajstić information content (AvgIpc) is 3.04. The molecule has 21 heavy (non-hydrogen) atoms. The molecule has 106 valence electrons. The van der Waals surface area contributed by atoms with E-state index in [1.807, 2.05) is 6.07 Å². The molecule has 0 unspecified atom stereocenters. The summed E-state index contributed by atoms with van der Waals surface area (Å²) in [6.45, 7) is 3.87. The van der Waals surface area contributed by atoms with Crippen LogP contribution < -0.4 is 5.32 Å². The van der Waals surface area contributed by atoms with Gasteiger partial charge in [-0.3, -0.25) is 5.10 Å².